The van der Waals surface area contributed by atoms with Gasteiger partial charge in [0, 0.05) is 24.8 Å². The molecule has 1 saturated heterocycles. The van der Waals surface area contributed by atoms with Gasteiger partial charge in [-0.25, -0.2) is 0 Å². The fraction of sp³-hybridized carbons (Fsp3) is 0.462. The maximum atomic E-state index is 5.47. The van der Waals surface area contributed by atoms with Crippen molar-refractivity contribution in [1.29, 1.82) is 0 Å². The van der Waals surface area contributed by atoms with Crippen LogP contribution in [0.25, 0.3) is 0 Å². The van der Waals surface area contributed by atoms with Crippen LogP contribution < -0.4 is 10.6 Å². The zero-order valence-electron chi connectivity index (χ0n) is 9.78. The van der Waals surface area contributed by atoms with Gasteiger partial charge in [-0.05, 0) is 43.2 Å². The van der Waals surface area contributed by atoms with Crippen molar-refractivity contribution in [1.82, 2.24) is 10.2 Å². The summed E-state index contributed by atoms with van der Waals surface area (Å²) in [6.07, 6.45) is 2.47. The molecule has 0 saturated carbocycles. The van der Waals surface area contributed by atoms with E-state index in [4.69, 9.17) is 12.2 Å². The highest BCUT2D eigenvalue weighted by Gasteiger charge is 2.27. The molecule has 3 nitrogen and oxygen atoms in total. The molecule has 0 radical (unpaired) electrons. The summed E-state index contributed by atoms with van der Waals surface area (Å²) in [6.45, 7) is 3.12. The minimum Gasteiger partial charge on any atom is -0.340 e. The maximum Gasteiger partial charge on any atom is 0.174 e. The molecule has 4 heteroatoms. The van der Waals surface area contributed by atoms with Crippen LogP contribution in [-0.4, -0.2) is 29.1 Å². The molecule has 2 aliphatic heterocycles. The average Bonchev–Trinajstić information content (AvgIpc) is 2.39. The summed E-state index contributed by atoms with van der Waals surface area (Å²) in [6, 6.07) is 8.95. The smallest absolute Gasteiger partial charge is 0.174 e. The van der Waals surface area contributed by atoms with Gasteiger partial charge < -0.3 is 15.5 Å². The number of nitrogens with zero attached hydrogens (tertiary/aromatic N) is 1. The Kier molecular flexibility index (Phi) is 2.99. The average molecular weight is 247 g/mol. The summed E-state index contributed by atoms with van der Waals surface area (Å²) in [5.74, 6) is 0. The van der Waals surface area contributed by atoms with Gasteiger partial charge in [-0.15, -0.1) is 0 Å². The second kappa shape index (κ2) is 4.63. The van der Waals surface area contributed by atoms with Crippen LogP contribution in [0.5, 0.6) is 0 Å². The maximum absolute atomic E-state index is 5.47. The number of para-hydroxylation sites is 1. The minimum absolute atomic E-state index is 0.539. The molecule has 2 N–H and O–H groups in total. The van der Waals surface area contributed by atoms with Gasteiger partial charge in [-0.3, -0.25) is 0 Å². The van der Waals surface area contributed by atoms with E-state index in [2.05, 4.69) is 33.7 Å². The first-order valence-electron chi connectivity index (χ1n) is 6.21. The highest BCUT2D eigenvalue weighted by atomic mass is 32.1. The zero-order chi connectivity index (χ0) is 11.7. The Morgan fingerprint density at radius 2 is 2.18 bits per heavy atom. The number of fused-ring (bicyclic) bond motifs is 1. The van der Waals surface area contributed by atoms with Crippen molar-refractivity contribution in [2.45, 2.75) is 25.4 Å². The molecule has 0 unspecified atom stereocenters. The molecule has 0 aliphatic carbocycles. The van der Waals surface area contributed by atoms with Crippen molar-refractivity contribution in [2.75, 3.05) is 18.4 Å². The van der Waals surface area contributed by atoms with Crippen molar-refractivity contribution in [3.63, 3.8) is 0 Å². The van der Waals surface area contributed by atoms with Crippen LogP contribution in [0.3, 0.4) is 0 Å². The lowest BCUT2D eigenvalue weighted by Crippen LogP contribution is -2.51. The summed E-state index contributed by atoms with van der Waals surface area (Å²) < 4.78 is 0. The lowest BCUT2D eigenvalue weighted by Gasteiger charge is -2.39. The third-order valence-corrected chi connectivity index (χ3v) is 3.91. The van der Waals surface area contributed by atoms with E-state index in [1.54, 1.807) is 0 Å². The number of rotatable bonds is 1. The summed E-state index contributed by atoms with van der Waals surface area (Å²) >= 11 is 5.47. The quantitative estimate of drug-likeness (QED) is 0.742. The molecule has 1 aromatic rings. The van der Waals surface area contributed by atoms with Crippen molar-refractivity contribution in [3.8, 4) is 0 Å². The number of thiocarbonyl (C=S) groups is 1. The monoisotopic (exact) mass is 247 g/mol. The fourth-order valence-corrected chi connectivity index (χ4v) is 2.94. The summed E-state index contributed by atoms with van der Waals surface area (Å²) in [5.41, 5.74) is 2.50. The van der Waals surface area contributed by atoms with E-state index in [1.165, 1.54) is 18.4 Å². The first-order valence-corrected chi connectivity index (χ1v) is 6.61. The predicted octanol–water partition coefficient (Wildman–Crippen LogP) is 1.95. The molecule has 1 fully saturated rings. The van der Waals surface area contributed by atoms with E-state index in [0.717, 1.165) is 30.4 Å². The Morgan fingerprint density at radius 3 is 3.00 bits per heavy atom. The molecule has 1 atom stereocenters. The van der Waals surface area contributed by atoms with Crippen LogP contribution in [0, 0.1) is 0 Å². The highest BCUT2D eigenvalue weighted by Crippen LogP contribution is 2.25. The highest BCUT2D eigenvalue weighted by molar-refractivity contribution is 7.80. The normalized spacial score (nSPS) is 24.1. The number of piperidine rings is 1. The van der Waals surface area contributed by atoms with E-state index < -0.39 is 0 Å². The van der Waals surface area contributed by atoms with Gasteiger partial charge in [0.2, 0.25) is 0 Å². The minimum atomic E-state index is 0.539. The number of benzene rings is 1. The predicted molar refractivity (Wildman–Crippen MR) is 74.1 cm³/mol. The molecule has 17 heavy (non-hydrogen) atoms. The summed E-state index contributed by atoms with van der Waals surface area (Å²) in [7, 11) is 0. The Hall–Kier alpha value is -1.13. The molecule has 0 spiro atoms. The van der Waals surface area contributed by atoms with Crippen molar-refractivity contribution < 1.29 is 0 Å². The van der Waals surface area contributed by atoms with Crippen LogP contribution in [-0.2, 0) is 6.54 Å². The van der Waals surface area contributed by atoms with Crippen molar-refractivity contribution >= 4 is 23.0 Å². The summed E-state index contributed by atoms with van der Waals surface area (Å²) in [4.78, 5) is 2.32. The molecule has 1 aromatic carbocycles. The van der Waals surface area contributed by atoms with Crippen LogP contribution in [0.2, 0.25) is 0 Å². The second-order valence-electron chi connectivity index (χ2n) is 4.72. The third-order valence-electron chi connectivity index (χ3n) is 3.57. The van der Waals surface area contributed by atoms with Gasteiger partial charge in [-0.1, -0.05) is 18.2 Å². The SMILES string of the molecule is S=C1Nc2ccccc2CN1[C@H]1CCCNC1. The van der Waals surface area contributed by atoms with Crippen molar-refractivity contribution in [2.24, 2.45) is 0 Å². The van der Waals surface area contributed by atoms with Gasteiger partial charge in [0.05, 0.1) is 0 Å². The summed E-state index contributed by atoms with van der Waals surface area (Å²) in [5, 5.41) is 7.66. The molecule has 2 heterocycles. The van der Waals surface area contributed by atoms with Gasteiger partial charge in [-0.2, -0.15) is 0 Å². The molecule has 0 amide bonds. The fourth-order valence-electron chi connectivity index (χ4n) is 2.62. The van der Waals surface area contributed by atoms with E-state index in [0.29, 0.717) is 6.04 Å². The number of anilines is 1. The molecule has 0 bridgehead atoms. The van der Waals surface area contributed by atoms with Gasteiger partial charge in [0.25, 0.3) is 0 Å². The Morgan fingerprint density at radius 1 is 1.29 bits per heavy atom. The van der Waals surface area contributed by atoms with Gasteiger partial charge in [0.15, 0.2) is 5.11 Å². The Labute approximate surface area is 107 Å². The van der Waals surface area contributed by atoms with Gasteiger partial charge >= 0.3 is 0 Å². The number of hydrogen-bond donors (Lipinski definition) is 2. The van der Waals surface area contributed by atoms with E-state index in [1.807, 2.05) is 6.07 Å². The zero-order valence-corrected chi connectivity index (χ0v) is 10.6. The standard InChI is InChI=1S/C13H17N3S/c17-13-15-12-6-2-1-4-10(12)9-16(13)11-5-3-7-14-8-11/h1-2,4,6,11,14H,3,5,7-9H2,(H,15,17)/t11-/m0/s1. The molecule has 90 valence electrons. The van der Waals surface area contributed by atoms with Crippen LogP contribution in [0.15, 0.2) is 24.3 Å². The van der Waals surface area contributed by atoms with E-state index >= 15 is 0 Å². The number of hydrogen-bond acceptors (Lipinski definition) is 2. The first kappa shape index (κ1) is 11.0. The van der Waals surface area contributed by atoms with Crippen LogP contribution in [0.1, 0.15) is 18.4 Å². The number of nitrogens with one attached hydrogen (secondary N) is 2. The lowest BCUT2D eigenvalue weighted by molar-refractivity contribution is 0.251. The third kappa shape index (κ3) is 2.15. The second-order valence-corrected chi connectivity index (χ2v) is 5.10. The Balaban J connectivity index is 1.81. The lowest BCUT2D eigenvalue weighted by atomic mass is 10.0. The van der Waals surface area contributed by atoms with Crippen LogP contribution >= 0.6 is 12.2 Å². The van der Waals surface area contributed by atoms with E-state index in [-0.39, 0.29) is 0 Å². The molecule has 0 aromatic heterocycles. The van der Waals surface area contributed by atoms with Gasteiger partial charge in [0.1, 0.15) is 0 Å². The molecular formula is C13H17N3S. The first-order chi connectivity index (χ1) is 8.34. The van der Waals surface area contributed by atoms with Crippen molar-refractivity contribution in [3.05, 3.63) is 29.8 Å². The molecule has 3 rings (SSSR count). The Bertz CT molecular complexity index is 426. The molecule has 2 aliphatic rings. The topological polar surface area (TPSA) is 27.3 Å². The largest absolute Gasteiger partial charge is 0.340 e. The van der Waals surface area contributed by atoms with Crippen LogP contribution in [0.4, 0.5) is 5.69 Å². The van der Waals surface area contributed by atoms with E-state index in [9.17, 15) is 0 Å². The molecular weight excluding hydrogens is 230 g/mol.